The maximum atomic E-state index is 12.3. The highest BCUT2D eigenvalue weighted by Gasteiger charge is 2.23. The standard InChI is InChI=1S/C15H16N4O4.ClH/c20-15(13-7-16-3-4-21-13)18-14-10(6-17-19-14)9-1-2-11-12(5-9)23-8-22-11;/h1-2,5-6,13,16H,3-4,7-8H2,(H2,17,18,19,20);1H/t13-;/m1./s1. The fourth-order valence-corrected chi connectivity index (χ4v) is 2.60. The number of fused-ring (bicyclic) bond motifs is 1. The van der Waals surface area contributed by atoms with E-state index in [2.05, 4.69) is 20.8 Å². The molecule has 0 saturated carbocycles. The maximum absolute atomic E-state index is 12.3. The van der Waals surface area contributed by atoms with Crippen LogP contribution < -0.4 is 20.1 Å². The predicted octanol–water partition coefficient (Wildman–Crippen LogP) is 1.15. The Morgan fingerprint density at radius 3 is 3.00 bits per heavy atom. The van der Waals surface area contributed by atoms with Gasteiger partial charge in [-0.1, -0.05) is 6.07 Å². The van der Waals surface area contributed by atoms with Gasteiger partial charge in [0.1, 0.15) is 11.9 Å². The van der Waals surface area contributed by atoms with E-state index in [0.29, 0.717) is 30.5 Å². The molecule has 128 valence electrons. The molecule has 8 nitrogen and oxygen atoms in total. The maximum Gasteiger partial charge on any atom is 0.255 e. The van der Waals surface area contributed by atoms with Gasteiger partial charge in [-0.3, -0.25) is 9.89 Å². The number of ether oxygens (including phenoxy) is 3. The van der Waals surface area contributed by atoms with E-state index in [-0.39, 0.29) is 25.1 Å². The van der Waals surface area contributed by atoms with E-state index in [1.807, 2.05) is 18.2 Å². The summed E-state index contributed by atoms with van der Waals surface area (Å²) in [5.41, 5.74) is 1.65. The van der Waals surface area contributed by atoms with E-state index < -0.39 is 6.10 Å². The van der Waals surface area contributed by atoms with Gasteiger partial charge >= 0.3 is 0 Å². The first-order valence-corrected chi connectivity index (χ1v) is 7.38. The van der Waals surface area contributed by atoms with Crippen molar-refractivity contribution in [3.63, 3.8) is 0 Å². The van der Waals surface area contributed by atoms with Crippen LogP contribution in [0.1, 0.15) is 0 Å². The Morgan fingerprint density at radius 2 is 2.17 bits per heavy atom. The molecule has 24 heavy (non-hydrogen) atoms. The number of nitrogens with one attached hydrogen (secondary N) is 3. The quantitative estimate of drug-likeness (QED) is 0.766. The fraction of sp³-hybridized carbons (Fsp3) is 0.333. The highest BCUT2D eigenvalue weighted by molar-refractivity contribution is 5.97. The van der Waals surface area contributed by atoms with E-state index in [1.54, 1.807) is 6.20 Å². The van der Waals surface area contributed by atoms with Crippen LogP contribution in [0.3, 0.4) is 0 Å². The summed E-state index contributed by atoms with van der Waals surface area (Å²) in [7, 11) is 0. The fourth-order valence-electron chi connectivity index (χ4n) is 2.60. The van der Waals surface area contributed by atoms with Crippen LogP contribution in [0.2, 0.25) is 0 Å². The summed E-state index contributed by atoms with van der Waals surface area (Å²) in [5, 5.41) is 12.8. The third-order valence-corrected chi connectivity index (χ3v) is 3.79. The lowest BCUT2D eigenvalue weighted by Crippen LogP contribution is -2.45. The summed E-state index contributed by atoms with van der Waals surface area (Å²) >= 11 is 0. The van der Waals surface area contributed by atoms with Crippen molar-refractivity contribution in [1.82, 2.24) is 15.5 Å². The second-order valence-corrected chi connectivity index (χ2v) is 5.28. The molecular formula is C15H17ClN4O4. The summed E-state index contributed by atoms with van der Waals surface area (Å²) in [6.45, 7) is 2.01. The van der Waals surface area contributed by atoms with Crippen LogP contribution in [0.25, 0.3) is 11.1 Å². The molecule has 0 bridgehead atoms. The number of carbonyl (C=O) groups is 1. The average molecular weight is 353 g/mol. The number of amides is 1. The summed E-state index contributed by atoms with van der Waals surface area (Å²) in [6, 6.07) is 5.60. The highest BCUT2D eigenvalue weighted by atomic mass is 35.5. The molecule has 1 amide bonds. The van der Waals surface area contributed by atoms with Gasteiger partial charge in [-0.25, -0.2) is 0 Å². The van der Waals surface area contributed by atoms with Crippen molar-refractivity contribution in [1.29, 1.82) is 0 Å². The first-order chi connectivity index (χ1) is 11.3. The van der Waals surface area contributed by atoms with E-state index in [4.69, 9.17) is 14.2 Å². The van der Waals surface area contributed by atoms with Crippen LogP contribution in [0.15, 0.2) is 24.4 Å². The first-order valence-electron chi connectivity index (χ1n) is 7.38. The van der Waals surface area contributed by atoms with Crippen LogP contribution in [0.4, 0.5) is 5.82 Å². The SMILES string of the molecule is Cl.O=C(Nc1[nH]ncc1-c1ccc2c(c1)OCO2)[C@H]1CNCCO1. The molecule has 0 spiro atoms. The molecule has 2 aliphatic heterocycles. The zero-order valence-electron chi connectivity index (χ0n) is 12.7. The first kappa shape index (κ1) is 16.6. The number of halogens is 1. The number of anilines is 1. The van der Waals surface area contributed by atoms with Gasteiger partial charge in [-0.2, -0.15) is 5.10 Å². The Morgan fingerprint density at radius 1 is 1.29 bits per heavy atom. The van der Waals surface area contributed by atoms with Gasteiger partial charge in [-0.05, 0) is 17.7 Å². The van der Waals surface area contributed by atoms with Crippen LogP contribution in [0, 0.1) is 0 Å². The molecule has 3 N–H and O–H groups in total. The van der Waals surface area contributed by atoms with E-state index in [1.165, 1.54) is 0 Å². The Balaban J connectivity index is 0.00000169. The number of rotatable bonds is 3. The lowest BCUT2D eigenvalue weighted by Gasteiger charge is -2.22. The number of aromatic nitrogens is 2. The lowest BCUT2D eigenvalue weighted by molar-refractivity contribution is -0.128. The van der Waals surface area contributed by atoms with Gasteiger partial charge in [0.2, 0.25) is 6.79 Å². The number of carbonyl (C=O) groups excluding carboxylic acids is 1. The zero-order valence-corrected chi connectivity index (χ0v) is 13.5. The number of nitrogens with zero attached hydrogens (tertiary/aromatic N) is 1. The largest absolute Gasteiger partial charge is 0.454 e. The van der Waals surface area contributed by atoms with Crippen LogP contribution in [0.5, 0.6) is 11.5 Å². The molecule has 1 aromatic heterocycles. The molecule has 1 aromatic carbocycles. The summed E-state index contributed by atoms with van der Waals surface area (Å²) < 4.78 is 16.1. The molecule has 4 rings (SSSR count). The Kier molecular flexibility index (Phi) is 4.89. The van der Waals surface area contributed by atoms with Crippen molar-refractivity contribution >= 4 is 24.1 Å². The Bertz CT molecular complexity index is 730. The third kappa shape index (κ3) is 3.16. The molecule has 1 fully saturated rings. The molecule has 0 unspecified atom stereocenters. The van der Waals surface area contributed by atoms with Crippen molar-refractivity contribution in [3.05, 3.63) is 24.4 Å². The minimum Gasteiger partial charge on any atom is -0.454 e. The second kappa shape index (κ2) is 7.08. The van der Waals surface area contributed by atoms with Crippen LogP contribution >= 0.6 is 12.4 Å². The Labute approximate surface area is 144 Å². The van der Waals surface area contributed by atoms with Crippen LogP contribution in [-0.2, 0) is 9.53 Å². The number of benzene rings is 1. The predicted molar refractivity (Wildman–Crippen MR) is 88.6 cm³/mol. The molecule has 9 heteroatoms. The number of H-pyrrole nitrogens is 1. The van der Waals surface area contributed by atoms with E-state index >= 15 is 0 Å². The topological polar surface area (TPSA) is 97.5 Å². The third-order valence-electron chi connectivity index (χ3n) is 3.79. The van der Waals surface area contributed by atoms with Crippen molar-refractivity contribution in [3.8, 4) is 22.6 Å². The van der Waals surface area contributed by atoms with E-state index in [0.717, 1.165) is 17.7 Å². The molecular weight excluding hydrogens is 336 g/mol. The van der Waals surface area contributed by atoms with Crippen molar-refractivity contribution < 1.29 is 19.0 Å². The van der Waals surface area contributed by atoms with Gasteiger partial charge in [0, 0.05) is 18.7 Å². The molecule has 0 radical (unpaired) electrons. The van der Waals surface area contributed by atoms with Crippen molar-refractivity contribution in [2.45, 2.75) is 6.10 Å². The summed E-state index contributed by atoms with van der Waals surface area (Å²) in [4.78, 5) is 12.3. The number of hydrogen-bond donors (Lipinski definition) is 3. The van der Waals surface area contributed by atoms with Gasteiger partial charge < -0.3 is 24.8 Å². The summed E-state index contributed by atoms with van der Waals surface area (Å²) in [6.07, 6.45) is 1.16. The van der Waals surface area contributed by atoms with Gasteiger partial charge in [0.25, 0.3) is 5.91 Å². The summed E-state index contributed by atoms with van der Waals surface area (Å²) in [5.74, 6) is 1.72. The molecule has 1 saturated heterocycles. The minimum absolute atomic E-state index is 0. The zero-order chi connectivity index (χ0) is 15.6. The molecule has 0 aliphatic carbocycles. The normalized spacial score (nSPS) is 18.8. The minimum atomic E-state index is -0.503. The molecule has 2 aliphatic rings. The molecule has 1 atom stereocenters. The number of hydrogen-bond acceptors (Lipinski definition) is 6. The van der Waals surface area contributed by atoms with Crippen LogP contribution in [-0.4, -0.2) is 48.7 Å². The molecule has 2 aromatic rings. The van der Waals surface area contributed by atoms with Gasteiger partial charge in [0.15, 0.2) is 11.5 Å². The number of morpholine rings is 1. The van der Waals surface area contributed by atoms with E-state index in [9.17, 15) is 4.79 Å². The van der Waals surface area contributed by atoms with Gasteiger partial charge in [0.05, 0.1) is 12.8 Å². The molecule has 3 heterocycles. The highest BCUT2D eigenvalue weighted by Crippen LogP contribution is 2.37. The smallest absolute Gasteiger partial charge is 0.255 e. The van der Waals surface area contributed by atoms with Crippen molar-refractivity contribution in [2.75, 3.05) is 31.8 Å². The lowest BCUT2D eigenvalue weighted by atomic mass is 10.1. The monoisotopic (exact) mass is 352 g/mol. The average Bonchev–Trinajstić information content (AvgIpc) is 3.23. The Hall–Kier alpha value is -2.29. The second-order valence-electron chi connectivity index (χ2n) is 5.28. The van der Waals surface area contributed by atoms with Gasteiger partial charge in [-0.15, -0.1) is 12.4 Å². The number of aromatic amines is 1. The van der Waals surface area contributed by atoms with Crippen molar-refractivity contribution in [2.24, 2.45) is 0 Å².